The fourth-order valence-corrected chi connectivity index (χ4v) is 1.71. The SMILES string of the molecule is FC(F)(F)OCCCNCc1cccc(Br)c1. The third-order valence-electron chi connectivity index (χ3n) is 1.98. The summed E-state index contributed by atoms with van der Waals surface area (Å²) in [4.78, 5) is 0. The minimum Gasteiger partial charge on any atom is -0.313 e. The van der Waals surface area contributed by atoms with Crippen LogP contribution in [-0.4, -0.2) is 19.5 Å². The van der Waals surface area contributed by atoms with Crippen LogP contribution in [0.25, 0.3) is 0 Å². The first kappa shape index (κ1) is 14.5. The molecule has 0 amide bonds. The van der Waals surface area contributed by atoms with Crippen molar-refractivity contribution in [3.8, 4) is 0 Å². The summed E-state index contributed by atoms with van der Waals surface area (Å²) in [6.07, 6.45) is -4.20. The quantitative estimate of drug-likeness (QED) is 0.812. The maximum atomic E-state index is 11.6. The van der Waals surface area contributed by atoms with Crippen LogP contribution in [0.5, 0.6) is 0 Å². The summed E-state index contributed by atoms with van der Waals surface area (Å²) in [5, 5.41) is 3.05. The van der Waals surface area contributed by atoms with Crippen LogP contribution in [0.2, 0.25) is 0 Å². The molecule has 0 saturated carbocycles. The Morgan fingerprint density at radius 1 is 1.29 bits per heavy atom. The second-order valence-electron chi connectivity index (χ2n) is 3.45. The highest BCUT2D eigenvalue weighted by molar-refractivity contribution is 9.10. The van der Waals surface area contributed by atoms with Crippen molar-refractivity contribution >= 4 is 15.9 Å². The van der Waals surface area contributed by atoms with Gasteiger partial charge in [-0.3, -0.25) is 4.74 Å². The van der Waals surface area contributed by atoms with Crippen LogP contribution in [0.1, 0.15) is 12.0 Å². The zero-order chi connectivity index (χ0) is 12.7. The van der Waals surface area contributed by atoms with Crippen molar-refractivity contribution in [3.05, 3.63) is 34.3 Å². The van der Waals surface area contributed by atoms with Gasteiger partial charge in [0.15, 0.2) is 0 Å². The smallest absolute Gasteiger partial charge is 0.313 e. The number of ether oxygens (including phenoxy) is 1. The number of halogens is 4. The third-order valence-corrected chi connectivity index (χ3v) is 2.48. The summed E-state index contributed by atoms with van der Waals surface area (Å²) in [6, 6.07) is 7.73. The molecule has 0 saturated heterocycles. The highest BCUT2D eigenvalue weighted by Crippen LogP contribution is 2.16. The number of alkyl halides is 3. The topological polar surface area (TPSA) is 21.3 Å². The van der Waals surface area contributed by atoms with Crippen LogP contribution in [0.3, 0.4) is 0 Å². The lowest BCUT2D eigenvalue weighted by Gasteiger charge is -2.08. The predicted molar refractivity (Wildman–Crippen MR) is 62.5 cm³/mol. The van der Waals surface area contributed by atoms with Gasteiger partial charge in [0, 0.05) is 11.0 Å². The Balaban J connectivity index is 2.09. The maximum absolute atomic E-state index is 11.6. The lowest BCUT2D eigenvalue weighted by Crippen LogP contribution is -2.19. The normalized spacial score (nSPS) is 11.8. The van der Waals surface area contributed by atoms with Gasteiger partial charge in [0.25, 0.3) is 0 Å². The van der Waals surface area contributed by atoms with Crippen LogP contribution in [0, 0.1) is 0 Å². The molecule has 0 radical (unpaired) electrons. The molecule has 2 nitrogen and oxygen atoms in total. The minimum absolute atomic E-state index is 0.311. The highest BCUT2D eigenvalue weighted by Gasteiger charge is 2.28. The van der Waals surface area contributed by atoms with Gasteiger partial charge in [-0.2, -0.15) is 0 Å². The Hall–Kier alpha value is -0.590. The minimum atomic E-state index is -4.52. The lowest BCUT2D eigenvalue weighted by atomic mass is 10.2. The molecule has 0 aliphatic heterocycles. The van der Waals surface area contributed by atoms with Crippen LogP contribution < -0.4 is 5.32 Å². The van der Waals surface area contributed by atoms with E-state index in [-0.39, 0.29) is 6.61 Å². The Kier molecular flexibility index (Phi) is 5.94. The van der Waals surface area contributed by atoms with E-state index in [1.165, 1.54) is 0 Å². The zero-order valence-electron chi connectivity index (χ0n) is 9.06. The second-order valence-corrected chi connectivity index (χ2v) is 4.37. The molecule has 1 rings (SSSR count). The Morgan fingerprint density at radius 3 is 2.71 bits per heavy atom. The van der Waals surface area contributed by atoms with Crippen molar-refractivity contribution in [2.45, 2.75) is 19.3 Å². The van der Waals surface area contributed by atoms with Gasteiger partial charge in [-0.1, -0.05) is 28.1 Å². The molecule has 0 atom stereocenters. The van der Waals surface area contributed by atoms with Gasteiger partial charge in [0.1, 0.15) is 0 Å². The maximum Gasteiger partial charge on any atom is 0.522 e. The van der Waals surface area contributed by atoms with Gasteiger partial charge < -0.3 is 5.32 Å². The van der Waals surface area contributed by atoms with E-state index in [1.807, 2.05) is 24.3 Å². The Labute approximate surface area is 106 Å². The van der Waals surface area contributed by atoms with Crippen molar-refractivity contribution in [2.75, 3.05) is 13.2 Å². The van der Waals surface area contributed by atoms with Gasteiger partial charge in [-0.05, 0) is 30.7 Å². The van der Waals surface area contributed by atoms with Crippen molar-refractivity contribution in [2.24, 2.45) is 0 Å². The molecular weight excluding hydrogens is 299 g/mol. The third kappa shape index (κ3) is 7.36. The monoisotopic (exact) mass is 311 g/mol. The predicted octanol–water partition coefficient (Wildman–Crippen LogP) is 3.47. The van der Waals surface area contributed by atoms with Crippen LogP contribution in [0.4, 0.5) is 13.2 Å². The van der Waals surface area contributed by atoms with Crippen molar-refractivity contribution < 1.29 is 17.9 Å². The molecule has 0 aliphatic rings. The number of benzene rings is 1. The van der Waals surface area contributed by atoms with Crippen LogP contribution >= 0.6 is 15.9 Å². The number of rotatable bonds is 6. The summed E-state index contributed by atoms with van der Waals surface area (Å²) >= 11 is 3.35. The summed E-state index contributed by atoms with van der Waals surface area (Å²) in [7, 11) is 0. The largest absolute Gasteiger partial charge is 0.522 e. The molecule has 17 heavy (non-hydrogen) atoms. The Morgan fingerprint density at radius 2 is 2.06 bits per heavy atom. The summed E-state index contributed by atoms with van der Waals surface area (Å²) in [5.41, 5.74) is 1.08. The molecule has 96 valence electrons. The molecule has 1 N–H and O–H groups in total. The first-order valence-corrected chi connectivity index (χ1v) is 5.92. The number of nitrogens with one attached hydrogen (secondary N) is 1. The van der Waals surface area contributed by atoms with Crippen molar-refractivity contribution in [1.82, 2.24) is 5.32 Å². The first-order chi connectivity index (χ1) is 7.97. The average Bonchev–Trinajstić information content (AvgIpc) is 2.22. The molecule has 0 aliphatic carbocycles. The van der Waals surface area contributed by atoms with Gasteiger partial charge in [-0.15, -0.1) is 13.2 Å². The molecule has 0 heterocycles. The van der Waals surface area contributed by atoms with Crippen molar-refractivity contribution in [3.63, 3.8) is 0 Å². The van der Waals surface area contributed by atoms with Crippen LogP contribution in [0.15, 0.2) is 28.7 Å². The molecule has 6 heteroatoms. The van der Waals surface area contributed by atoms with E-state index in [9.17, 15) is 13.2 Å². The molecule has 1 aromatic carbocycles. The highest BCUT2D eigenvalue weighted by atomic mass is 79.9. The van der Waals surface area contributed by atoms with E-state index in [0.29, 0.717) is 19.5 Å². The van der Waals surface area contributed by atoms with Gasteiger partial charge in [-0.25, -0.2) is 0 Å². The summed E-state index contributed by atoms with van der Waals surface area (Å²) in [5.74, 6) is 0. The number of hydrogen-bond acceptors (Lipinski definition) is 2. The second kappa shape index (κ2) is 6.98. The zero-order valence-corrected chi connectivity index (χ0v) is 10.6. The van der Waals surface area contributed by atoms with E-state index < -0.39 is 6.36 Å². The fraction of sp³-hybridized carbons (Fsp3) is 0.455. The lowest BCUT2D eigenvalue weighted by molar-refractivity contribution is -0.324. The summed E-state index contributed by atoms with van der Waals surface area (Å²) < 4.78 is 39.5. The molecular formula is C11H13BrF3NO. The molecule has 0 fully saturated rings. The first-order valence-electron chi connectivity index (χ1n) is 5.13. The van der Waals surface area contributed by atoms with E-state index in [1.54, 1.807) is 0 Å². The molecule has 0 aromatic heterocycles. The summed E-state index contributed by atoms with van der Waals surface area (Å²) in [6.45, 7) is 0.809. The molecule has 1 aromatic rings. The van der Waals surface area contributed by atoms with E-state index in [2.05, 4.69) is 26.0 Å². The van der Waals surface area contributed by atoms with E-state index >= 15 is 0 Å². The standard InChI is InChI=1S/C11H13BrF3NO/c12-10-4-1-3-9(7-10)8-16-5-2-6-17-11(13,14)15/h1,3-4,7,16H,2,5-6,8H2. The van der Waals surface area contributed by atoms with Crippen molar-refractivity contribution in [1.29, 1.82) is 0 Å². The van der Waals surface area contributed by atoms with Gasteiger partial charge in [0.05, 0.1) is 6.61 Å². The van der Waals surface area contributed by atoms with E-state index in [0.717, 1.165) is 10.0 Å². The number of hydrogen-bond donors (Lipinski definition) is 1. The molecule has 0 unspecified atom stereocenters. The van der Waals surface area contributed by atoms with E-state index in [4.69, 9.17) is 0 Å². The van der Waals surface area contributed by atoms with Gasteiger partial charge in [0.2, 0.25) is 0 Å². The molecule has 0 spiro atoms. The average molecular weight is 312 g/mol. The molecule has 0 bridgehead atoms. The van der Waals surface area contributed by atoms with Crippen LogP contribution in [-0.2, 0) is 11.3 Å². The Bertz CT molecular complexity index is 344. The van der Waals surface area contributed by atoms with Gasteiger partial charge >= 0.3 is 6.36 Å². The fourth-order valence-electron chi connectivity index (χ4n) is 1.26.